The van der Waals surface area contributed by atoms with Crippen molar-refractivity contribution in [1.29, 1.82) is 0 Å². The zero-order chi connectivity index (χ0) is 18.5. The maximum atomic E-state index is 12.3. The van der Waals surface area contributed by atoms with Crippen molar-refractivity contribution in [1.82, 2.24) is 19.9 Å². The number of hydrogen-bond donors (Lipinski definition) is 1. The minimum absolute atomic E-state index is 0.0775. The average Bonchev–Trinajstić information content (AvgIpc) is 3.28. The van der Waals surface area contributed by atoms with Gasteiger partial charge >= 0.3 is 0 Å². The molecule has 4 rings (SSSR count). The second-order valence-corrected chi connectivity index (χ2v) is 6.17. The Morgan fingerprint density at radius 1 is 1.04 bits per heavy atom. The fourth-order valence-corrected chi connectivity index (χ4v) is 2.95. The van der Waals surface area contributed by atoms with Gasteiger partial charge in [-0.1, -0.05) is 6.07 Å². The van der Waals surface area contributed by atoms with Crippen molar-refractivity contribution in [3.05, 3.63) is 66.5 Å². The van der Waals surface area contributed by atoms with E-state index < -0.39 is 0 Å². The number of carbonyl (C=O) groups is 1. The molecule has 0 aliphatic carbocycles. The van der Waals surface area contributed by atoms with Gasteiger partial charge in [0.05, 0.1) is 18.5 Å². The molecule has 0 spiro atoms. The topological polar surface area (TPSA) is 87.4 Å². The van der Waals surface area contributed by atoms with Crippen LogP contribution in [0, 0.1) is 0 Å². The number of furan rings is 1. The molecule has 8 heteroatoms. The molecule has 0 saturated carbocycles. The zero-order valence-corrected chi connectivity index (χ0v) is 14.8. The number of pyridine rings is 1. The number of nitrogens with one attached hydrogen (secondary N) is 1. The van der Waals surface area contributed by atoms with Crippen LogP contribution in [-0.2, 0) is 6.54 Å². The van der Waals surface area contributed by atoms with Crippen LogP contribution in [-0.4, -0.2) is 51.9 Å². The Balaban J connectivity index is 1.35. The lowest BCUT2D eigenvalue weighted by molar-refractivity contribution is 0.0714. The first kappa shape index (κ1) is 17.0. The lowest BCUT2D eigenvalue weighted by atomic mass is 10.3. The molecule has 4 heterocycles. The van der Waals surface area contributed by atoms with Crippen molar-refractivity contribution in [2.75, 3.05) is 36.4 Å². The monoisotopic (exact) mass is 364 g/mol. The van der Waals surface area contributed by atoms with E-state index in [0.29, 0.717) is 44.4 Å². The lowest BCUT2D eigenvalue weighted by Gasteiger charge is -2.34. The first-order valence-corrected chi connectivity index (χ1v) is 8.84. The Morgan fingerprint density at radius 3 is 2.67 bits per heavy atom. The smallest absolute Gasteiger partial charge is 0.289 e. The Bertz CT molecular complexity index is 876. The summed E-state index contributed by atoms with van der Waals surface area (Å²) in [5.41, 5.74) is 0.947. The molecule has 1 aliphatic rings. The number of anilines is 2. The normalized spacial score (nSPS) is 14.2. The standard InChI is InChI=1S/C19H20N6O2/c26-18(16-5-3-13-27-16)24-9-11-25(12-10-24)19-21-8-6-17(23-19)22-14-15-4-1-2-7-20-15/h1-8,13H,9-12,14H2,(H,21,22,23). The Hall–Kier alpha value is -3.42. The molecular weight excluding hydrogens is 344 g/mol. The summed E-state index contributed by atoms with van der Waals surface area (Å²) >= 11 is 0. The third-order valence-electron chi connectivity index (χ3n) is 4.40. The van der Waals surface area contributed by atoms with Crippen LogP contribution in [0.15, 0.2) is 59.5 Å². The highest BCUT2D eigenvalue weighted by molar-refractivity contribution is 5.91. The number of carbonyl (C=O) groups excluding carboxylic acids is 1. The SMILES string of the molecule is O=C(c1ccco1)N1CCN(c2nccc(NCc3ccccn3)n2)CC1. The van der Waals surface area contributed by atoms with E-state index in [0.717, 1.165) is 11.5 Å². The predicted octanol–water partition coefficient (Wildman–Crippen LogP) is 2.04. The summed E-state index contributed by atoms with van der Waals surface area (Å²) in [6.07, 6.45) is 5.02. The Morgan fingerprint density at radius 2 is 1.93 bits per heavy atom. The molecule has 0 aromatic carbocycles. The molecule has 3 aromatic rings. The maximum Gasteiger partial charge on any atom is 0.289 e. The molecule has 1 amide bonds. The van der Waals surface area contributed by atoms with Gasteiger partial charge in [0.25, 0.3) is 5.91 Å². The minimum Gasteiger partial charge on any atom is -0.459 e. The van der Waals surface area contributed by atoms with Crippen molar-refractivity contribution in [2.45, 2.75) is 6.54 Å². The van der Waals surface area contributed by atoms with Gasteiger partial charge in [0.1, 0.15) is 5.82 Å². The van der Waals surface area contributed by atoms with Gasteiger partial charge in [-0.05, 0) is 30.3 Å². The van der Waals surface area contributed by atoms with E-state index >= 15 is 0 Å². The van der Waals surface area contributed by atoms with Crippen molar-refractivity contribution in [2.24, 2.45) is 0 Å². The van der Waals surface area contributed by atoms with Crippen LogP contribution in [0.5, 0.6) is 0 Å². The number of nitrogens with zero attached hydrogens (tertiary/aromatic N) is 5. The third-order valence-corrected chi connectivity index (χ3v) is 4.40. The van der Waals surface area contributed by atoms with Crippen LogP contribution in [0.4, 0.5) is 11.8 Å². The molecule has 138 valence electrons. The molecule has 8 nitrogen and oxygen atoms in total. The van der Waals surface area contributed by atoms with E-state index in [4.69, 9.17) is 4.42 Å². The Kier molecular flexibility index (Phi) is 4.95. The summed E-state index contributed by atoms with van der Waals surface area (Å²) < 4.78 is 5.20. The highest BCUT2D eigenvalue weighted by atomic mass is 16.3. The van der Waals surface area contributed by atoms with Crippen molar-refractivity contribution in [3.63, 3.8) is 0 Å². The van der Waals surface area contributed by atoms with E-state index in [2.05, 4.69) is 25.2 Å². The summed E-state index contributed by atoms with van der Waals surface area (Å²) in [7, 11) is 0. The number of piperazine rings is 1. The molecule has 0 radical (unpaired) electrons. The van der Waals surface area contributed by atoms with Crippen LogP contribution in [0.25, 0.3) is 0 Å². The summed E-state index contributed by atoms with van der Waals surface area (Å²) in [5, 5.41) is 3.27. The molecule has 0 atom stereocenters. The summed E-state index contributed by atoms with van der Waals surface area (Å²) in [4.78, 5) is 29.5. The number of amides is 1. The lowest BCUT2D eigenvalue weighted by Crippen LogP contribution is -2.49. The highest BCUT2D eigenvalue weighted by Crippen LogP contribution is 2.15. The van der Waals surface area contributed by atoms with Gasteiger partial charge in [0, 0.05) is 38.6 Å². The third kappa shape index (κ3) is 4.05. The fraction of sp³-hybridized carbons (Fsp3) is 0.263. The van der Waals surface area contributed by atoms with Gasteiger partial charge in [-0.15, -0.1) is 0 Å². The molecule has 3 aromatic heterocycles. The minimum atomic E-state index is -0.0775. The zero-order valence-electron chi connectivity index (χ0n) is 14.8. The molecular formula is C19H20N6O2. The number of rotatable bonds is 5. The van der Waals surface area contributed by atoms with E-state index in [1.807, 2.05) is 24.3 Å². The first-order valence-electron chi connectivity index (χ1n) is 8.84. The van der Waals surface area contributed by atoms with Crippen LogP contribution in [0.2, 0.25) is 0 Å². The number of aromatic nitrogens is 3. The van der Waals surface area contributed by atoms with Gasteiger partial charge in [-0.2, -0.15) is 4.98 Å². The van der Waals surface area contributed by atoms with Crippen molar-refractivity contribution >= 4 is 17.7 Å². The van der Waals surface area contributed by atoms with Crippen LogP contribution in [0.3, 0.4) is 0 Å². The highest BCUT2D eigenvalue weighted by Gasteiger charge is 2.24. The summed E-state index contributed by atoms with van der Waals surface area (Å²) in [6.45, 7) is 3.16. The molecule has 1 N–H and O–H groups in total. The molecule has 1 fully saturated rings. The van der Waals surface area contributed by atoms with E-state index in [-0.39, 0.29) is 5.91 Å². The van der Waals surface area contributed by atoms with Gasteiger partial charge in [-0.3, -0.25) is 9.78 Å². The van der Waals surface area contributed by atoms with Crippen LogP contribution >= 0.6 is 0 Å². The number of hydrogen-bond acceptors (Lipinski definition) is 7. The maximum absolute atomic E-state index is 12.3. The van der Waals surface area contributed by atoms with Crippen LogP contribution < -0.4 is 10.2 Å². The van der Waals surface area contributed by atoms with Gasteiger partial charge in [0.15, 0.2) is 5.76 Å². The van der Waals surface area contributed by atoms with Gasteiger partial charge in [-0.25, -0.2) is 4.98 Å². The first-order chi connectivity index (χ1) is 13.3. The van der Waals surface area contributed by atoms with Crippen molar-refractivity contribution in [3.8, 4) is 0 Å². The quantitative estimate of drug-likeness (QED) is 0.741. The Labute approximate surface area is 156 Å². The molecule has 1 saturated heterocycles. The van der Waals surface area contributed by atoms with E-state index in [1.54, 1.807) is 29.4 Å². The summed E-state index contributed by atoms with van der Waals surface area (Å²) in [5.74, 6) is 1.71. The van der Waals surface area contributed by atoms with Crippen molar-refractivity contribution < 1.29 is 9.21 Å². The fourth-order valence-electron chi connectivity index (χ4n) is 2.95. The second-order valence-electron chi connectivity index (χ2n) is 6.17. The molecule has 1 aliphatic heterocycles. The predicted molar refractivity (Wildman–Crippen MR) is 100 cm³/mol. The largest absolute Gasteiger partial charge is 0.459 e. The molecule has 0 unspecified atom stereocenters. The van der Waals surface area contributed by atoms with Gasteiger partial charge in [0.2, 0.25) is 5.95 Å². The van der Waals surface area contributed by atoms with E-state index in [1.165, 1.54) is 6.26 Å². The average molecular weight is 364 g/mol. The second kappa shape index (κ2) is 7.86. The van der Waals surface area contributed by atoms with Gasteiger partial charge < -0.3 is 19.5 Å². The molecule has 27 heavy (non-hydrogen) atoms. The molecule has 0 bridgehead atoms. The summed E-state index contributed by atoms with van der Waals surface area (Å²) in [6, 6.07) is 11.1. The van der Waals surface area contributed by atoms with E-state index in [9.17, 15) is 4.79 Å². The van der Waals surface area contributed by atoms with Crippen LogP contribution in [0.1, 0.15) is 16.2 Å².